The van der Waals surface area contributed by atoms with E-state index in [1.165, 1.54) is 0 Å². The Hall–Kier alpha value is -1.76. The molecule has 0 bridgehead atoms. The number of Topliss-reactive ketones (excluding diaryl/α,β-unsaturated/α-hetero) is 3. The number of amides is 1. The van der Waals surface area contributed by atoms with Gasteiger partial charge in [0, 0.05) is 38.6 Å². The van der Waals surface area contributed by atoms with E-state index < -0.39 is 12.1 Å². The van der Waals surface area contributed by atoms with Gasteiger partial charge in [-0.3, -0.25) is 19.2 Å². The van der Waals surface area contributed by atoms with Crippen LogP contribution in [0.25, 0.3) is 0 Å². The van der Waals surface area contributed by atoms with Crippen molar-refractivity contribution in [3.8, 4) is 0 Å². The third kappa shape index (κ3) is 23.8. The fraction of sp³-hybridized carbons (Fsp3) is 0.871. The average Bonchev–Trinajstić information content (AvgIpc) is 2.98. The first-order valence-electron chi connectivity index (χ1n) is 16.5. The summed E-state index contributed by atoms with van der Waals surface area (Å²) in [5.41, 5.74) is 22.2. The second kappa shape index (κ2) is 29.3. The van der Waals surface area contributed by atoms with Crippen LogP contribution in [-0.2, 0) is 19.2 Å². The Labute approximate surface area is 254 Å². The summed E-state index contributed by atoms with van der Waals surface area (Å²) in [6.45, 7) is 4.27. The van der Waals surface area contributed by atoms with Crippen LogP contribution in [-0.4, -0.2) is 81.2 Å². The molecule has 42 heavy (non-hydrogen) atoms. The molecule has 0 aromatic heterocycles. The summed E-state index contributed by atoms with van der Waals surface area (Å²) in [6.07, 6.45) is 12.6. The summed E-state index contributed by atoms with van der Waals surface area (Å²) in [5, 5.41) is 9.44. The van der Waals surface area contributed by atoms with Gasteiger partial charge in [0.1, 0.15) is 17.3 Å². The first-order chi connectivity index (χ1) is 20.4. The zero-order chi connectivity index (χ0) is 31.3. The van der Waals surface area contributed by atoms with Gasteiger partial charge < -0.3 is 38.9 Å². The normalized spacial score (nSPS) is 12.7. The fourth-order valence-corrected chi connectivity index (χ4v) is 4.72. The number of carbonyl (C=O) groups excluding carboxylic acids is 4. The molecule has 0 aliphatic rings. The van der Waals surface area contributed by atoms with E-state index in [4.69, 9.17) is 22.9 Å². The standard InChI is InChI=1S/C31H63N7O4/c32-17-7-1-5-15-29(40)27(36-22-12-9-19-34)24-26(39)14-4-3-11-21-37-28(30(41)16-6-2-8-18-33)25-31(42)38-23-13-10-20-35/h27-28,36-37H,1-25,32-35H2,(H,38,42). The maximum absolute atomic E-state index is 12.8. The zero-order valence-electron chi connectivity index (χ0n) is 26.3. The molecule has 0 fully saturated rings. The van der Waals surface area contributed by atoms with Crippen LogP contribution >= 0.6 is 0 Å². The highest BCUT2D eigenvalue weighted by atomic mass is 16.2. The SMILES string of the molecule is NCCCCCC(=O)C(CC(=O)CCCCCNC(CC(=O)NCCCCN)C(=O)CCCCCN)NCCCCN. The average molecular weight is 598 g/mol. The van der Waals surface area contributed by atoms with E-state index in [1.54, 1.807) is 0 Å². The monoisotopic (exact) mass is 597 g/mol. The van der Waals surface area contributed by atoms with Gasteiger partial charge in [-0.05, 0) is 103 Å². The van der Waals surface area contributed by atoms with E-state index in [2.05, 4.69) is 16.0 Å². The number of nitrogens with two attached hydrogens (primary N) is 4. The Morgan fingerprint density at radius 3 is 1.38 bits per heavy atom. The third-order valence-electron chi connectivity index (χ3n) is 7.35. The van der Waals surface area contributed by atoms with Crippen LogP contribution in [0.4, 0.5) is 0 Å². The minimum Gasteiger partial charge on any atom is -0.356 e. The summed E-state index contributed by atoms with van der Waals surface area (Å²) < 4.78 is 0. The maximum Gasteiger partial charge on any atom is 0.222 e. The summed E-state index contributed by atoms with van der Waals surface area (Å²) in [5.74, 6) is 0.105. The molecule has 0 heterocycles. The van der Waals surface area contributed by atoms with Gasteiger partial charge in [0.25, 0.3) is 0 Å². The van der Waals surface area contributed by atoms with Crippen LogP contribution in [0.2, 0.25) is 0 Å². The highest BCUT2D eigenvalue weighted by Crippen LogP contribution is 2.10. The number of nitrogens with one attached hydrogen (secondary N) is 3. The fourth-order valence-electron chi connectivity index (χ4n) is 4.72. The van der Waals surface area contributed by atoms with E-state index in [9.17, 15) is 19.2 Å². The van der Waals surface area contributed by atoms with Crippen LogP contribution in [0.3, 0.4) is 0 Å². The Balaban J connectivity index is 4.58. The lowest BCUT2D eigenvalue weighted by Gasteiger charge is -2.18. The van der Waals surface area contributed by atoms with Crippen molar-refractivity contribution in [1.29, 1.82) is 0 Å². The van der Waals surface area contributed by atoms with Gasteiger partial charge in [0.2, 0.25) is 5.91 Å². The van der Waals surface area contributed by atoms with Crippen LogP contribution in [0.1, 0.15) is 116 Å². The third-order valence-corrected chi connectivity index (χ3v) is 7.35. The number of carbonyl (C=O) groups is 4. The molecule has 11 heteroatoms. The molecule has 0 aliphatic heterocycles. The predicted molar refractivity (Wildman–Crippen MR) is 171 cm³/mol. The number of unbranched alkanes of at least 4 members (excludes halogenated alkanes) is 8. The molecule has 0 aromatic rings. The smallest absolute Gasteiger partial charge is 0.222 e. The number of rotatable bonds is 32. The van der Waals surface area contributed by atoms with Crippen molar-refractivity contribution in [2.75, 3.05) is 45.8 Å². The van der Waals surface area contributed by atoms with Crippen LogP contribution in [0.15, 0.2) is 0 Å². The molecule has 0 radical (unpaired) electrons. The van der Waals surface area contributed by atoms with E-state index in [-0.39, 0.29) is 36.1 Å². The molecule has 1 amide bonds. The minimum atomic E-state index is -0.513. The van der Waals surface area contributed by atoms with Crippen molar-refractivity contribution >= 4 is 23.3 Å². The molecule has 0 aliphatic carbocycles. The summed E-state index contributed by atoms with van der Waals surface area (Å²) in [7, 11) is 0. The predicted octanol–water partition coefficient (Wildman–Crippen LogP) is 1.58. The molecule has 2 atom stereocenters. The highest BCUT2D eigenvalue weighted by Gasteiger charge is 2.22. The Morgan fingerprint density at radius 2 is 0.857 bits per heavy atom. The zero-order valence-corrected chi connectivity index (χ0v) is 26.3. The molecule has 0 saturated heterocycles. The van der Waals surface area contributed by atoms with Gasteiger partial charge in [0.15, 0.2) is 0 Å². The quantitative estimate of drug-likeness (QED) is 0.0557. The van der Waals surface area contributed by atoms with Gasteiger partial charge in [-0.2, -0.15) is 0 Å². The molecule has 246 valence electrons. The number of ketones is 3. The van der Waals surface area contributed by atoms with Crippen molar-refractivity contribution in [3.63, 3.8) is 0 Å². The van der Waals surface area contributed by atoms with E-state index in [0.29, 0.717) is 65.1 Å². The topological polar surface area (TPSA) is 208 Å². The summed E-state index contributed by atoms with van der Waals surface area (Å²) in [4.78, 5) is 50.7. The van der Waals surface area contributed by atoms with Crippen molar-refractivity contribution < 1.29 is 19.2 Å². The van der Waals surface area contributed by atoms with E-state index >= 15 is 0 Å². The maximum atomic E-state index is 12.8. The van der Waals surface area contributed by atoms with Crippen LogP contribution in [0, 0.1) is 0 Å². The molecule has 11 N–H and O–H groups in total. The second-order valence-electron chi connectivity index (χ2n) is 11.2. The van der Waals surface area contributed by atoms with Crippen LogP contribution in [0.5, 0.6) is 0 Å². The van der Waals surface area contributed by atoms with Crippen LogP contribution < -0.4 is 38.9 Å². The first kappa shape index (κ1) is 40.2. The van der Waals surface area contributed by atoms with Gasteiger partial charge >= 0.3 is 0 Å². The summed E-state index contributed by atoms with van der Waals surface area (Å²) in [6, 6.07) is -0.950. The van der Waals surface area contributed by atoms with Crippen molar-refractivity contribution in [2.45, 2.75) is 128 Å². The number of hydrogen-bond acceptors (Lipinski definition) is 10. The Bertz CT molecular complexity index is 709. The molecule has 11 nitrogen and oxygen atoms in total. The molecular formula is C31H63N7O4. The Morgan fingerprint density at radius 1 is 0.452 bits per heavy atom. The molecular weight excluding hydrogens is 534 g/mol. The lowest BCUT2D eigenvalue weighted by molar-refractivity contribution is -0.127. The van der Waals surface area contributed by atoms with E-state index in [1.807, 2.05) is 0 Å². The van der Waals surface area contributed by atoms with Crippen molar-refractivity contribution in [1.82, 2.24) is 16.0 Å². The van der Waals surface area contributed by atoms with Crippen molar-refractivity contribution in [2.24, 2.45) is 22.9 Å². The van der Waals surface area contributed by atoms with Gasteiger partial charge in [-0.25, -0.2) is 0 Å². The van der Waals surface area contributed by atoms with Gasteiger partial charge in [-0.15, -0.1) is 0 Å². The molecule has 0 spiro atoms. The molecule has 0 aromatic carbocycles. The Kier molecular flexibility index (Phi) is 28.1. The molecule has 0 saturated carbocycles. The second-order valence-corrected chi connectivity index (χ2v) is 11.2. The van der Waals surface area contributed by atoms with Gasteiger partial charge in [0.05, 0.1) is 12.1 Å². The molecule has 2 unspecified atom stereocenters. The first-order valence-corrected chi connectivity index (χ1v) is 16.5. The van der Waals surface area contributed by atoms with Crippen molar-refractivity contribution in [3.05, 3.63) is 0 Å². The summed E-state index contributed by atoms with van der Waals surface area (Å²) >= 11 is 0. The lowest BCUT2D eigenvalue weighted by Crippen LogP contribution is -2.42. The number of hydrogen-bond donors (Lipinski definition) is 7. The molecule has 0 rings (SSSR count). The lowest BCUT2D eigenvalue weighted by atomic mass is 9.98. The minimum absolute atomic E-state index is 0.0528. The highest BCUT2D eigenvalue weighted by molar-refractivity contribution is 5.90. The van der Waals surface area contributed by atoms with Gasteiger partial charge in [-0.1, -0.05) is 19.3 Å². The largest absolute Gasteiger partial charge is 0.356 e. The van der Waals surface area contributed by atoms with E-state index in [0.717, 1.165) is 83.5 Å².